The fourth-order valence-corrected chi connectivity index (χ4v) is 13.1. The molecule has 0 radical (unpaired) electrons. The predicted molar refractivity (Wildman–Crippen MR) is 172 cm³/mol. The molecule has 2 aromatic heterocycles. The van der Waals surface area contributed by atoms with Crippen molar-refractivity contribution in [2.45, 2.75) is 130 Å². The first kappa shape index (κ1) is 32.4. The second-order valence-corrected chi connectivity index (χ2v) is 20.4. The van der Waals surface area contributed by atoms with Crippen molar-refractivity contribution in [2.75, 3.05) is 18.0 Å². The molecule has 12 heteroatoms. The lowest BCUT2D eigenvalue weighted by Crippen LogP contribution is -2.52. The van der Waals surface area contributed by atoms with Crippen molar-refractivity contribution in [3.05, 3.63) is 9.39 Å². The van der Waals surface area contributed by atoms with Crippen LogP contribution in [0.4, 0.5) is 10.6 Å². The van der Waals surface area contributed by atoms with Gasteiger partial charge in [-0.2, -0.15) is 5.10 Å². The summed E-state index contributed by atoms with van der Waals surface area (Å²) < 4.78 is 19.6. The summed E-state index contributed by atoms with van der Waals surface area (Å²) in [5.41, 5.74) is 2.98. The van der Waals surface area contributed by atoms with E-state index in [1.54, 1.807) is 0 Å². The molecule has 230 valence electrons. The highest BCUT2D eigenvalue weighted by atomic mass is 127. The third-order valence-electron chi connectivity index (χ3n) is 8.89. The fourth-order valence-electron chi connectivity index (χ4n) is 7.21. The van der Waals surface area contributed by atoms with Gasteiger partial charge < -0.3 is 18.8 Å². The van der Waals surface area contributed by atoms with Crippen molar-refractivity contribution in [3.63, 3.8) is 0 Å². The van der Waals surface area contributed by atoms with Gasteiger partial charge >= 0.3 is 6.09 Å². The Balaban J connectivity index is 1.58. The number of nitrogens with one attached hydrogen (secondary N) is 2. The maximum Gasteiger partial charge on any atom is 0.409 e. The summed E-state index contributed by atoms with van der Waals surface area (Å²) in [6, 6.07) is 0. The van der Waals surface area contributed by atoms with Gasteiger partial charge in [0.2, 0.25) is 14.0 Å². The molecule has 1 spiro atoms. The van der Waals surface area contributed by atoms with Crippen LogP contribution in [0, 0.1) is 9.12 Å². The van der Waals surface area contributed by atoms with Crippen molar-refractivity contribution in [3.8, 4) is 0 Å². The number of rotatable bonds is 8. The molecule has 2 saturated heterocycles. The second kappa shape index (κ2) is 12.2. The van der Waals surface area contributed by atoms with Gasteiger partial charge in [0.25, 0.3) is 0 Å². The first-order valence-corrected chi connectivity index (χ1v) is 18.2. The molecule has 0 saturated carbocycles. The Kier molecular flexibility index (Phi) is 9.67. The van der Waals surface area contributed by atoms with Crippen LogP contribution in [0.1, 0.15) is 94.2 Å². The van der Waals surface area contributed by atoms with Crippen LogP contribution in [0.15, 0.2) is 0 Å². The maximum atomic E-state index is 12.6. The molecule has 4 rings (SSSR count). The van der Waals surface area contributed by atoms with E-state index in [1.807, 2.05) is 20.8 Å². The minimum atomic E-state index is -2.10. The monoisotopic (exact) mass is 700 g/mol. The van der Waals surface area contributed by atoms with Crippen LogP contribution in [0.3, 0.4) is 0 Å². The highest BCUT2D eigenvalue weighted by Gasteiger charge is 2.50. The number of anilines is 1. The number of hydrogen-bond acceptors (Lipinski definition) is 8. The molecule has 2 aliphatic rings. The number of hydrogen-bond donors (Lipinski definition) is 2. The molecule has 0 aliphatic carbocycles. The number of aromatic amines is 1. The van der Waals surface area contributed by atoms with Gasteiger partial charge in [0, 0.05) is 18.5 Å². The Morgan fingerprint density at radius 1 is 1.15 bits per heavy atom. The fraction of sp³-hybridized carbons (Fsp3) is 0.793. The Labute approximate surface area is 259 Å². The smallest absolute Gasteiger partial charge is 0.409 e. The van der Waals surface area contributed by atoms with Gasteiger partial charge in [-0.3, -0.25) is 10.4 Å². The van der Waals surface area contributed by atoms with Crippen molar-refractivity contribution in [1.29, 1.82) is 0 Å². The molecule has 2 aliphatic heterocycles. The van der Waals surface area contributed by atoms with E-state index < -0.39 is 20.0 Å². The second-order valence-electron chi connectivity index (χ2n) is 13.8. The zero-order chi connectivity index (χ0) is 30.3. The molecule has 0 bridgehead atoms. The van der Waals surface area contributed by atoms with E-state index >= 15 is 0 Å². The molecule has 1 amide bonds. The molecule has 2 atom stereocenters. The third-order valence-corrected chi connectivity index (χ3v) is 15.7. The first-order chi connectivity index (χ1) is 19.1. The molecule has 41 heavy (non-hydrogen) atoms. The standard InChI is InChI=1S/C29H49IN6O4Si/c1-17(2)41(18(3)4,19(5)6)38-16-21-25(32-24-22(31-21)23(30)34-35-24)36-13-11-29(12-14-36)15-20(7)39-26(29)33-27(37)40-28(8,9)10/h17-20,26H,11-16H2,1-10H3,(H,33,37)(H,32,34,35)/t20-,26?/m0/s1. The van der Waals surface area contributed by atoms with Crippen molar-refractivity contribution >= 4 is 54.0 Å². The minimum Gasteiger partial charge on any atom is -0.444 e. The van der Waals surface area contributed by atoms with Crippen LogP contribution in [-0.2, 0) is 20.5 Å². The zero-order valence-corrected chi connectivity index (χ0v) is 29.6. The minimum absolute atomic E-state index is 0.0638. The zero-order valence-electron chi connectivity index (χ0n) is 26.4. The van der Waals surface area contributed by atoms with E-state index in [4.69, 9.17) is 23.9 Å². The number of carbonyl (C=O) groups is 1. The average Bonchev–Trinajstić information content (AvgIpc) is 3.35. The summed E-state index contributed by atoms with van der Waals surface area (Å²) >= 11 is 2.23. The Bertz CT molecular complexity index is 1200. The molecule has 2 N–H and O–H groups in total. The van der Waals surface area contributed by atoms with E-state index in [1.165, 1.54) is 0 Å². The number of piperidine rings is 1. The number of alkyl carbamates (subject to hydrolysis) is 1. The molecule has 1 unspecified atom stereocenters. The molecule has 2 aromatic rings. The average molecular weight is 701 g/mol. The van der Waals surface area contributed by atoms with E-state index in [0.29, 0.717) is 28.9 Å². The van der Waals surface area contributed by atoms with Crippen LogP contribution in [-0.4, -0.2) is 65.6 Å². The topological polar surface area (TPSA) is 114 Å². The molecular weight excluding hydrogens is 651 g/mol. The number of amides is 1. The summed E-state index contributed by atoms with van der Waals surface area (Å²) in [4.78, 5) is 25.0. The lowest BCUT2D eigenvalue weighted by atomic mass is 9.74. The van der Waals surface area contributed by atoms with Crippen molar-refractivity contribution in [2.24, 2.45) is 5.41 Å². The summed E-state index contributed by atoms with van der Waals surface area (Å²) in [6.45, 7) is 23.5. The Hall–Kier alpha value is -1.51. The number of H-pyrrole nitrogens is 1. The SMILES string of the molecule is CC(C)[Si](OCc1nc2c(I)[nH]nc2nc1N1CCC2(CC1)C[C@H](C)OC2NC(=O)OC(C)(C)C)(C(C)C)C(C)C. The number of fused-ring (bicyclic) bond motifs is 1. The van der Waals surface area contributed by atoms with Gasteiger partial charge in [0.1, 0.15) is 26.7 Å². The van der Waals surface area contributed by atoms with Gasteiger partial charge in [-0.1, -0.05) is 41.5 Å². The van der Waals surface area contributed by atoms with E-state index in [9.17, 15) is 4.79 Å². The molecule has 2 fully saturated rings. The van der Waals surface area contributed by atoms with Crippen molar-refractivity contribution < 1.29 is 18.7 Å². The van der Waals surface area contributed by atoms with Crippen molar-refractivity contribution in [1.82, 2.24) is 25.5 Å². The highest BCUT2D eigenvalue weighted by molar-refractivity contribution is 14.1. The molecule has 4 heterocycles. The molecular formula is C29H49IN6O4Si. The van der Waals surface area contributed by atoms with E-state index in [-0.39, 0.29) is 17.7 Å². The maximum absolute atomic E-state index is 12.6. The van der Waals surface area contributed by atoms with Crippen LogP contribution in [0.25, 0.3) is 11.2 Å². The van der Waals surface area contributed by atoms with Gasteiger partial charge in [-0.25, -0.2) is 14.8 Å². The van der Waals surface area contributed by atoms with E-state index in [2.05, 4.69) is 91.5 Å². The number of aromatic nitrogens is 4. The quantitative estimate of drug-likeness (QED) is 0.226. The normalized spacial score (nSPS) is 21.6. The molecule has 0 aromatic carbocycles. The van der Waals surface area contributed by atoms with Crippen LogP contribution in [0.5, 0.6) is 0 Å². The number of nitrogens with zero attached hydrogens (tertiary/aromatic N) is 4. The van der Waals surface area contributed by atoms with Gasteiger partial charge in [0.15, 0.2) is 5.82 Å². The van der Waals surface area contributed by atoms with Crippen LogP contribution < -0.4 is 10.2 Å². The third kappa shape index (κ3) is 6.69. The van der Waals surface area contributed by atoms with Gasteiger partial charge in [-0.05, 0) is 86.2 Å². The number of carbonyl (C=O) groups excluding carboxylic acids is 1. The molecule has 10 nitrogen and oxygen atoms in total. The number of halogens is 1. The van der Waals surface area contributed by atoms with Gasteiger partial charge in [-0.15, -0.1) is 0 Å². The first-order valence-electron chi connectivity index (χ1n) is 15.0. The highest BCUT2D eigenvalue weighted by Crippen LogP contribution is 2.47. The predicted octanol–water partition coefficient (Wildman–Crippen LogP) is 6.90. The van der Waals surface area contributed by atoms with Gasteiger partial charge in [0.05, 0.1) is 12.7 Å². The Morgan fingerprint density at radius 3 is 2.32 bits per heavy atom. The largest absolute Gasteiger partial charge is 0.444 e. The summed E-state index contributed by atoms with van der Waals surface area (Å²) in [7, 11) is -2.10. The summed E-state index contributed by atoms with van der Waals surface area (Å²) in [6.07, 6.45) is 1.86. The van der Waals surface area contributed by atoms with Crippen LogP contribution >= 0.6 is 22.6 Å². The lowest BCUT2D eigenvalue weighted by molar-refractivity contribution is -0.0241. The number of ether oxygens (including phenoxy) is 2. The Morgan fingerprint density at radius 2 is 1.76 bits per heavy atom. The summed E-state index contributed by atoms with van der Waals surface area (Å²) in [5.74, 6) is 0.845. The summed E-state index contributed by atoms with van der Waals surface area (Å²) in [5, 5.41) is 10.5. The van der Waals surface area contributed by atoms with E-state index in [0.717, 1.165) is 53.1 Å². The van der Waals surface area contributed by atoms with Crippen LogP contribution in [0.2, 0.25) is 16.6 Å². The lowest BCUT2D eigenvalue weighted by Gasteiger charge is -2.43.